The molecule has 3 aliphatic rings. The van der Waals surface area contributed by atoms with Crippen LogP contribution in [0.4, 0.5) is 0 Å². The zero-order valence-corrected chi connectivity index (χ0v) is 9.95. The molecule has 0 aromatic heterocycles. The monoisotopic (exact) mass is 224 g/mol. The van der Waals surface area contributed by atoms with E-state index in [1.54, 1.807) is 0 Å². The molecule has 0 N–H and O–H groups in total. The van der Waals surface area contributed by atoms with E-state index < -0.39 is 0 Å². The topological polar surface area (TPSA) is 32.8 Å². The molecule has 4 heteroatoms. The summed E-state index contributed by atoms with van der Waals surface area (Å²) < 4.78 is 5.48. The number of carbonyl (C=O) groups excluding carboxylic acids is 1. The molecule has 1 amide bonds. The third-order valence-corrected chi connectivity index (χ3v) is 4.51. The Bertz CT molecular complexity index is 299. The molecule has 0 radical (unpaired) electrons. The van der Waals surface area contributed by atoms with Gasteiger partial charge < -0.3 is 9.64 Å². The standard InChI is InChI=1S/C12H20N2O2/c1-13-5-2-10(13)11(15)14-6-3-12(8-14)4-7-16-9-12/h10H,2-9H2,1H3/t10-,12?/m0/s1. The highest BCUT2D eigenvalue weighted by Crippen LogP contribution is 2.38. The molecule has 0 aromatic carbocycles. The molecule has 0 aromatic rings. The zero-order valence-electron chi connectivity index (χ0n) is 9.95. The van der Waals surface area contributed by atoms with Gasteiger partial charge in [0.2, 0.25) is 5.91 Å². The van der Waals surface area contributed by atoms with Gasteiger partial charge in [0, 0.05) is 31.7 Å². The van der Waals surface area contributed by atoms with Crippen LogP contribution in [0.3, 0.4) is 0 Å². The van der Waals surface area contributed by atoms with E-state index in [0.29, 0.717) is 11.3 Å². The van der Waals surface area contributed by atoms with Crippen LogP contribution in [0, 0.1) is 5.41 Å². The smallest absolute Gasteiger partial charge is 0.239 e. The van der Waals surface area contributed by atoms with Crippen LogP contribution in [0.5, 0.6) is 0 Å². The molecule has 4 nitrogen and oxygen atoms in total. The Hall–Kier alpha value is -0.610. The molecule has 3 rings (SSSR count). The largest absolute Gasteiger partial charge is 0.381 e. The Kier molecular flexibility index (Phi) is 2.44. The van der Waals surface area contributed by atoms with Crippen molar-refractivity contribution >= 4 is 5.91 Å². The maximum atomic E-state index is 12.2. The van der Waals surface area contributed by atoms with E-state index in [9.17, 15) is 4.79 Å². The molecule has 3 heterocycles. The fourth-order valence-corrected chi connectivity index (χ4v) is 3.13. The zero-order chi connectivity index (χ0) is 11.2. The Morgan fingerprint density at radius 2 is 2.25 bits per heavy atom. The fourth-order valence-electron chi connectivity index (χ4n) is 3.13. The molecule has 2 atom stereocenters. The fraction of sp³-hybridized carbons (Fsp3) is 0.917. The van der Waals surface area contributed by atoms with E-state index in [1.165, 1.54) is 0 Å². The van der Waals surface area contributed by atoms with Crippen LogP contribution in [-0.4, -0.2) is 61.6 Å². The lowest BCUT2D eigenvalue weighted by Gasteiger charge is -2.39. The van der Waals surface area contributed by atoms with Gasteiger partial charge in [-0.2, -0.15) is 0 Å². The summed E-state index contributed by atoms with van der Waals surface area (Å²) in [6.45, 7) is 4.67. The molecule has 3 fully saturated rings. The molecule has 1 unspecified atom stereocenters. The summed E-state index contributed by atoms with van der Waals surface area (Å²) in [6.07, 6.45) is 3.31. The molecule has 16 heavy (non-hydrogen) atoms. The summed E-state index contributed by atoms with van der Waals surface area (Å²) in [5.41, 5.74) is 0.304. The summed E-state index contributed by atoms with van der Waals surface area (Å²) in [5, 5.41) is 0. The predicted molar refractivity (Wildman–Crippen MR) is 60.1 cm³/mol. The molecular weight excluding hydrogens is 204 g/mol. The summed E-state index contributed by atoms with van der Waals surface area (Å²) in [7, 11) is 2.04. The first-order valence-corrected chi connectivity index (χ1v) is 6.27. The quantitative estimate of drug-likeness (QED) is 0.643. The number of likely N-dealkylation sites (tertiary alicyclic amines) is 2. The first-order chi connectivity index (χ1) is 7.70. The molecule has 3 saturated heterocycles. The number of nitrogens with zero attached hydrogens (tertiary/aromatic N) is 2. The number of ether oxygens (including phenoxy) is 1. The van der Waals surface area contributed by atoms with Gasteiger partial charge in [-0.15, -0.1) is 0 Å². The van der Waals surface area contributed by atoms with Gasteiger partial charge in [0.15, 0.2) is 0 Å². The van der Waals surface area contributed by atoms with Gasteiger partial charge in [-0.3, -0.25) is 9.69 Å². The van der Waals surface area contributed by atoms with Crippen molar-refractivity contribution in [2.24, 2.45) is 5.41 Å². The highest BCUT2D eigenvalue weighted by Gasteiger charge is 2.45. The van der Waals surface area contributed by atoms with Gasteiger partial charge in [0.25, 0.3) is 0 Å². The van der Waals surface area contributed by atoms with Gasteiger partial charge in [0.05, 0.1) is 12.6 Å². The van der Waals surface area contributed by atoms with E-state index in [1.807, 2.05) is 7.05 Å². The minimum atomic E-state index is 0.164. The second kappa shape index (κ2) is 3.70. The number of hydrogen-bond donors (Lipinski definition) is 0. The van der Waals surface area contributed by atoms with E-state index in [-0.39, 0.29) is 6.04 Å². The number of carbonyl (C=O) groups is 1. The average molecular weight is 224 g/mol. The highest BCUT2D eigenvalue weighted by molar-refractivity contribution is 5.83. The van der Waals surface area contributed by atoms with Crippen molar-refractivity contribution in [3.05, 3.63) is 0 Å². The third kappa shape index (κ3) is 1.55. The van der Waals surface area contributed by atoms with Crippen molar-refractivity contribution in [2.75, 3.05) is 39.9 Å². The number of rotatable bonds is 1. The van der Waals surface area contributed by atoms with Gasteiger partial charge in [-0.1, -0.05) is 0 Å². The van der Waals surface area contributed by atoms with E-state index in [0.717, 1.165) is 52.1 Å². The Morgan fingerprint density at radius 3 is 2.81 bits per heavy atom. The maximum absolute atomic E-state index is 12.2. The molecule has 1 spiro atoms. The lowest BCUT2D eigenvalue weighted by Crippen LogP contribution is -2.54. The van der Waals surface area contributed by atoms with Crippen LogP contribution in [0.15, 0.2) is 0 Å². The second-order valence-electron chi connectivity index (χ2n) is 5.60. The van der Waals surface area contributed by atoms with Crippen LogP contribution >= 0.6 is 0 Å². The lowest BCUT2D eigenvalue weighted by molar-refractivity contribution is -0.139. The Balaban J connectivity index is 1.62. The minimum Gasteiger partial charge on any atom is -0.381 e. The third-order valence-electron chi connectivity index (χ3n) is 4.51. The Morgan fingerprint density at radius 1 is 1.38 bits per heavy atom. The molecular formula is C12H20N2O2. The van der Waals surface area contributed by atoms with E-state index in [4.69, 9.17) is 4.74 Å². The van der Waals surface area contributed by atoms with Gasteiger partial charge in [-0.05, 0) is 26.3 Å². The van der Waals surface area contributed by atoms with Gasteiger partial charge >= 0.3 is 0 Å². The number of amides is 1. The number of hydrogen-bond acceptors (Lipinski definition) is 3. The highest BCUT2D eigenvalue weighted by atomic mass is 16.5. The number of likely N-dealkylation sites (N-methyl/N-ethyl adjacent to an activating group) is 1. The van der Waals surface area contributed by atoms with Crippen molar-refractivity contribution < 1.29 is 9.53 Å². The second-order valence-corrected chi connectivity index (χ2v) is 5.60. The molecule has 0 aliphatic carbocycles. The Labute approximate surface area is 96.5 Å². The van der Waals surface area contributed by atoms with Crippen molar-refractivity contribution in [2.45, 2.75) is 25.3 Å². The van der Waals surface area contributed by atoms with Gasteiger partial charge in [0.1, 0.15) is 0 Å². The minimum absolute atomic E-state index is 0.164. The van der Waals surface area contributed by atoms with Crippen LogP contribution in [0.2, 0.25) is 0 Å². The van der Waals surface area contributed by atoms with Crippen molar-refractivity contribution in [3.63, 3.8) is 0 Å². The molecule has 90 valence electrons. The SMILES string of the molecule is CN1CC[C@H]1C(=O)N1CCC2(CCOC2)C1. The maximum Gasteiger partial charge on any atom is 0.239 e. The first kappa shape index (κ1) is 10.5. The first-order valence-electron chi connectivity index (χ1n) is 6.27. The van der Waals surface area contributed by atoms with E-state index >= 15 is 0 Å². The van der Waals surface area contributed by atoms with Crippen LogP contribution in [0.25, 0.3) is 0 Å². The predicted octanol–water partition coefficient (Wildman–Crippen LogP) is 0.329. The summed E-state index contributed by atoms with van der Waals surface area (Å²) in [5.74, 6) is 0.345. The lowest BCUT2D eigenvalue weighted by atomic mass is 9.87. The molecule has 0 saturated carbocycles. The van der Waals surface area contributed by atoms with Crippen molar-refractivity contribution in [3.8, 4) is 0 Å². The molecule has 3 aliphatic heterocycles. The summed E-state index contributed by atoms with van der Waals surface area (Å²) >= 11 is 0. The summed E-state index contributed by atoms with van der Waals surface area (Å²) in [4.78, 5) is 16.4. The van der Waals surface area contributed by atoms with Crippen molar-refractivity contribution in [1.29, 1.82) is 0 Å². The molecule has 0 bridgehead atoms. The average Bonchev–Trinajstić information content (AvgIpc) is 2.88. The van der Waals surface area contributed by atoms with Crippen LogP contribution in [0.1, 0.15) is 19.3 Å². The van der Waals surface area contributed by atoms with Crippen molar-refractivity contribution in [1.82, 2.24) is 9.80 Å². The van der Waals surface area contributed by atoms with E-state index in [2.05, 4.69) is 9.80 Å². The summed E-state index contributed by atoms with van der Waals surface area (Å²) in [6, 6.07) is 0.164. The van der Waals surface area contributed by atoms with Crippen LogP contribution in [-0.2, 0) is 9.53 Å². The normalized spacial score (nSPS) is 39.3. The van der Waals surface area contributed by atoms with Gasteiger partial charge in [-0.25, -0.2) is 0 Å². The van der Waals surface area contributed by atoms with Crippen LogP contribution < -0.4 is 0 Å².